The van der Waals surface area contributed by atoms with Gasteiger partial charge < -0.3 is 0 Å². The Labute approximate surface area is 104 Å². The summed E-state index contributed by atoms with van der Waals surface area (Å²) in [7, 11) is 1.08. The Kier molecular flexibility index (Phi) is 4.75. The van der Waals surface area contributed by atoms with Crippen LogP contribution in [0, 0.1) is 23.1 Å². The normalized spacial score (nSPS) is 38.1. The van der Waals surface area contributed by atoms with Crippen molar-refractivity contribution in [1.82, 2.24) is 0 Å². The minimum atomic E-state index is 0.287. The van der Waals surface area contributed by atoms with Gasteiger partial charge in [0.2, 0.25) is 0 Å². The van der Waals surface area contributed by atoms with Gasteiger partial charge in [0.1, 0.15) is 0 Å². The number of rotatable bonds is 4. The van der Waals surface area contributed by atoms with E-state index < -0.39 is 0 Å². The fourth-order valence-corrected chi connectivity index (χ4v) is 3.54. The molecular formula is C13H22BNO2. The van der Waals surface area contributed by atoms with E-state index in [0.29, 0.717) is 5.92 Å². The second-order valence-electron chi connectivity index (χ2n) is 5.60. The molecule has 0 radical (unpaired) electrons. The Hall–Kier alpha value is -0.665. The third-order valence-electron chi connectivity index (χ3n) is 4.65. The van der Waals surface area contributed by atoms with E-state index in [1.54, 1.807) is 0 Å². The Morgan fingerprint density at radius 3 is 1.94 bits per heavy atom. The number of hydrogen-bond acceptors (Lipinski definition) is 3. The predicted molar refractivity (Wildman–Crippen MR) is 66.8 cm³/mol. The fourth-order valence-electron chi connectivity index (χ4n) is 3.54. The van der Waals surface area contributed by atoms with E-state index in [2.05, 4.69) is 0 Å². The molecule has 0 aliphatic heterocycles. The molecule has 94 valence electrons. The summed E-state index contributed by atoms with van der Waals surface area (Å²) in [4.78, 5) is 10.7. The van der Waals surface area contributed by atoms with Crippen LogP contribution in [0.15, 0.2) is 0 Å². The van der Waals surface area contributed by atoms with Gasteiger partial charge in [0.05, 0.1) is 0 Å². The van der Waals surface area contributed by atoms with Crippen molar-refractivity contribution in [3.8, 4) is 0 Å². The number of aldehydes is 1. The fraction of sp³-hybridized carbons (Fsp3) is 0.923. The maximum atomic E-state index is 10.7. The van der Waals surface area contributed by atoms with E-state index in [-0.39, 0.29) is 6.10 Å². The van der Waals surface area contributed by atoms with Crippen LogP contribution in [0.1, 0.15) is 51.4 Å². The SMILES string of the molecule is N=BOC1CCC(C2CCC(C=O)CC2)CC1. The van der Waals surface area contributed by atoms with Gasteiger partial charge in [-0.3, -0.25) is 0 Å². The summed E-state index contributed by atoms with van der Waals surface area (Å²) >= 11 is 0. The van der Waals surface area contributed by atoms with Gasteiger partial charge in [-0.1, -0.05) is 0 Å². The van der Waals surface area contributed by atoms with Crippen LogP contribution in [0.5, 0.6) is 0 Å². The van der Waals surface area contributed by atoms with Crippen LogP contribution >= 0.6 is 0 Å². The summed E-state index contributed by atoms with van der Waals surface area (Å²) in [6, 6.07) is 0. The molecule has 1 N–H and O–H groups in total. The summed E-state index contributed by atoms with van der Waals surface area (Å²) in [6.45, 7) is 0. The molecule has 4 heteroatoms. The van der Waals surface area contributed by atoms with Crippen molar-refractivity contribution in [3.63, 3.8) is 0 Å². The molecule has 2 fully saturated rings. The van der Waals surface area contributed by atoms with Crippen molar-refractivity contribution in [2.45, 2.75) is 57.5 Å². The van der Waals surface area contributed by atoms with Gasteiger partial charge >= 0.3 is 104 Å². The predicted octanol–water partition coefficient (Wildman–Crippen LogP) is 2.95. The van der Waals surface area contributed by atoms with E-state index in [1.165, 1.54) is 25.7 Å². The molecule has 3 nitrogen and oxygen atoms in total. The average molecular weight is 235 g/mol. The zero-order chi connectivity index (χ0) is 12.1. The molecule has 0 aromatic carbocycles. The molecule has 0 bridgehead atoms. The zero-order valence-corrected chi connectivity index (χ0v) is 10.4. The van der Waals surface area contributed by atoms with Gasteiger partial charge in [-0.2, -0.15) is 0 Å². The molecule has 0 unspecified atom stereocenters. The van der Waals surface area contributed by atoms with Crippen LogP contribution in [-0.2, 0) is 9.45 Å². The molecular weight excluding hydrogens is 213 g/mol. The summed E-state index contributed by atoms with van der Waals surface area (Å²) < 4.78 is 5.25. The molecule has 2 rings (SSSR count). The molecule has 0 aromatic heterocycles. The Balaban J connectivity index is 1.74. The second-order valence-corrected chi connectivity index (χ2v) is 5.60. The first-order valence-corrected chi connectivity index (χ1v) is 6.93. The van der Waals surface area contributed by atoms with Crippen molar-refractivity contribution in [3.05, 3.63) is 0 Å². The molecule has 2 saturated carbocycles. The Bertz CT molecular complexity index is 256. The van der Waals surface area contributed by atoms with Crippen LogP contribution in [-0.4, -0.2) is 19.7 Å². The van der Waals surface area contributed by atoms with Crippen LogP contribution in [0.4, 0.5) is 0 Å². The average Bonchev–Trinajstić information content (AvgIpc) is 2.40. The second kappa shape index (κ2) is 6.32. The van der Waals surface area contributed by atoms with Gasteiger partial charge in [-0.05, 0) is 0 Å². The monoisotopic (exact) mass is 235 g/mol. The number of carbonyl (C=O) groups is 1. The van der Waals surface area contributed by atoms with E-state index in [9.17, 15) is 4.79 Å². The zero-order valence-electron chi connectivity index (χ0n) is 10.4. The molecule has 0 saturated heterocycles. The molecule has 0 aromatic rings. The van der Waals surface area contributed by atoms with Crippen molar-refractivity contribution in [1.29, 1.82) is 5.31 Å². The standard InChI is InChI=1S/C13H22BNO2/c15-14-17-13-7-5-12(6-8-13)11-3-1-10(9-16)2-4-11/h9-13,15H,1-8H2. The topological polar surface area (TPSA) is 50.1 Å². The van der Waals surface area contributed by atoms with E-state index >= 15 is 0 Å². The number of carbonyl (C=O) groups excluding carboxylic acids is 1. The summed E-state index contributed by atoms with van der Waals surface area (Å²) in [5.74, 6) is 2.02. The van der Waals surface area contributed by atoms with Crippen LogP contribution in [0.2, 0.25) is 0 Å². The van der Waals surface area contributed by atoms with E-state index in [0.717, 1.165) is 51.1 Å². The van der Waals surface area contributed by atoms with Crippen LogP contribution in [0.25, 0.3) is 0 Å². The minimum absolute atomic E-state index is 0.287. The number of hydrogen-bond donors (Lipinski definition) is 1. The third-order valence-corrected chi connectivity index (χ3v) is 4.65. The van der Waals surface area contributed by atoms with Crippen molar-refractivity contribution >= 4 is 13.6 Å². The summed E-state index contributed by atoms with van der Waals surface area (Å²) in [6.07, 6.45) is 10.8. The first-order valence-electron chi connectivity index (χ1n) is 6.93. The third kappa shape index (κ3) is 3.40. The Morgan fingerprint density at radius 2 is 1.47 bits per heavy atom. The molecule has 0 amide bonds. The Morgan fingerprint density at radius 1 is 0.941 bits per heavy atom. The molecule has 0 heterocycles. The van der Waals surface area contributed by atoms with E-state index in [4.69, 9.17) is 9.97 Å². The van der Waals surface area contributed by atoms with Gasteiger partial charge in [0.25, 0.3) is 0 Å². The van der Waals surface area contributed by atoms with Crippen molar-refractivity contribution < 1.29 is 9.45 Å². The van der Waals surface area contributed by atoms with Gasteiger partial charge in [0.15, 0.2) is 0 Å². The van der Waals surface area contributed by atoms with E-state index in [1.807, 2.05) is 0 Å². The first-order chi connectivity index (χ1) is 8.33. The molecule has 0 spiro atoms. The van der Waals surface area contributed by atoms with Gasteiger partial charge in [-0.25, -0.2) is 0 Å². The molecule has 17 heavy (non-hydrogen) atoms. The molecule has 0 atom stereocenters. The first kappa shape index (κ1) is 12.8. The van der Waals surface area contributed by atoms with Gasteiger partial charge in [0, 0.05) is 0 Å². The van der Waals surface area contributed by atoms with Crippen LogP contribution < -0.4 is 0 Å². The quantitative estimate of drug-likeness (QED) is 0.601. The van der Waals surface area contributed by atoms with Crippen molar-refractivity contribution in [2.75, 3.05) is 0 Å². The maximum absolute atomic E-state index is 10.7. The van der Waals surface area contributed by atoms with Crippen LogP contribution in [0.3, 0.4) is 0 Å². The summed E-state index contributed by atoms with van der Waals surface area (Å²) in [5, 5.41) is 6.95. The molecule has 2 aliphatic rings. The molecule has 2 aliphatic carbocycles. The number of nitrogens with one attached hydrogen (secondary N) is 1. The van der Waals surface area contributed by atoms with Crippen molar-refractivity contribution in [2.24, 2.45) is 17.8 Å². The van der Waals surface area contributed by atoms with Gasteiger partial charge in [-0.15, -0.1) is 0 Å². The summed E-state index contributed by atoms with van der Waals surface area (Å²) in [5.41, 5.74) is 0.